The number of carbonyl (C=O) groups is 1. The largest absolute Gasteiger partial charge is 0.390 e. The molecule has 1 fully saturated rings. The predicted octanol–water partition coefficient (Wildman–Crippen LogP) is 1.06. The second-order valence-electron chi connectivity index (χ2n) is 6.36. The zero-order chi connectivity index (χ0) is 18.1. The van der Waals surface area contributed by atoms with Crippen LogP contribution in [-0.4, -0.2) is 61.3 Å². The Balaban J connectivity index is 1.87. The molecule has 1 saturated carbocycles. The van der Waals surface area contributed by atoms with Crippen molar-refractivity contribution >= 4 is 5.91 Å². The molecule has 3 atom stereocenters. The van der Waals surface area contributed by atoms with E-state index in [1.54, 1.807) is 32.2 Å². The first-order valence-corrected chi connectivity index (χ1v) is 8.22. The third-order valence-corrected chi connectivity index (χ3v) is 4.78. The normalized spacial score (nSPS) is 23.5. The highest BCUT2D eigenvalue weighted by Gasteiger charge is 2.36. The molecule has 8 heteroatoms. The summed E-state index contributed by atoms with van der Waals surface area (Å²) in [7, 11) is 1.57. The molecule has 1 heterocycles. The number of aliphatic hydroxyl groups is 2. The van der Waals surface area contributed by atoms with E-state index in [1.165, 1.54) is 15.6 Å². The summed E-state index contributed by atoms with van der Waals surface area (Å²) in [4.78, 5) is 14.2. The van der Waals surface area contributed by atoms with Crippen LogP contribution in [0.5, 0.6) is 0 Å². The highest BCUT2D eigenvalue weighted by atomic mass is 19.1. The van der Waals surface area contributed by atoms with Crippen molar-refractivity contribution in [2.24, 2.45) is 0 Å². The van der Waals surface area contributed by atoms with Crippen LogP contribution in [0.4, 0.5) is 4.39 Å². The van der Waals surface area contributed by atoms with E-state index >= 15 is 0 Å². The van der Waals surface area contributed by atoms with Crippen LogP contribution in [-0.2, 0) is 0 Å². The Morgan fingerprint density at radius 3 is 2.76 bits per heavy atom. The minimum atomic E-state index is -0.996. The number of likely N-dealkylation sites (N-methyl/N-ethyl adjacent to an activating group) is 1. The third-order valence-electron chi connectivity index (χ3n) is 4.78. The summed E-state index contributed by atoms with van der Waals surface area (Å²) in [5.74, 6) is -0.882. The second-order valence-corrected chi connectivity index (χ2v) is 6.36. The van der Waals surface area contributed by atoms with Gasteiger partial charge in [-0.15, -0.1) is 5.10 Å². The molecule has 0 bridgehead atoms. The molecule has 0 radical (unpaired) electrons. The lowest BCUT2D eigenvalue weighted by molar-refractivity contribution is -0.0527. The number of para-hydroxylation sites is 1. The first kappa shape index (κ1) is 17.5. The Hall–Kier alpha value is -2.32. The van der Waals surface area contributed by atoms with Crippen LogP contribution < -0.4 is 0 Å². The van der Waals surface area contributed by atoms with Crippen LogP contribution in [0.1, 0.15) is 35.4 Å². The summed E-state index contributed by atoms with van der Waals surface area (Å²) in [6.45, 7) is 1.64. The van der Waals surface area contributed by atoms with Gasteiger partial charge >= 0.3 is 0 Å². The first-order valence-electron chi connectivity index (χ1n) is 8.22. The maximum Gasteiger partial charge on any atom is 0.276 e. The number of carbonyl (C=O) groups excluding carboxylic acids is 1. The molecule has 1 amide bonds. The molecule has 134 valence electrons. The predicted molar refractivity (Wildman–Crippen MR) is 87.8 cm³/mol. The van der Waals surface area contributed by atoms with E-state index < -0.39 is 30.0 Å². The fourth-order valence-electron chi connectivity index (χ4n) is 3.25. The fraction of sp³-hybridized carbons (Fsp3) is 0.471. The van der Waals surface area contributed by atoms with Crippen LogP contribution in [0.2, 0.25) is 0 Å². The quantitative estimate of drug-likeness (QED) is 0.865. The molecule has 1 aliphatic carbocycles. The minimum Gasteiger partial charge on any atom is -0.390 e. The Labute approximate surface area is 144 Å². The molecule has 25 heavy (non-hydrogen) atoms. The number of hydrogen-bond donors (Lipinski definition) is 2. The maximum atomic E-state index is 14.0. The van der Waals surface area contributed by atoms with Gasteiger partial charge in [-0.3, -0.25) is 4.79 Å². The minimum absolute atomic E-state index is 0.0954. The molecule has 1 aromatic carbocycles. The number of amides is 1. The summed E-state index contributed by atoms with van der Waals surface area (Å²) in [5, 5.41) is 27.8. The van der Waals surface area contributed by atoms with Gasteiger partial charge < -0.3 is 15.1 Å². The van der Waals surface area contributed by atoms with Gasteiger partial charge in [0.1, 0.15) is 17.6 Å². The van der Waals surface area contributed by atoms with Gasteiger partial charge in [0.15, 0.2) is 5.69 Å². The number of hydrogen-bond acceptors (Lipinski definition) is 5. The standard InChI is InChI=1S/C17H21FN4O3/c1-10-15(19-20-22(10)12-7-4-3-6-11(12)18)17(25)21(2)13-8-5-9-14(23)16(13)24/h3-4,6-7,13-14,16,23-24H,5,8-9H2,1-2H3/t13-,14-,16-/m1/s1. The molecule has 1 aromatic heterocycles. The molecule has 0 spiro atoms. The number of benzene rings is 1. The molecule has 0 aliphatic heterocycles. The maximum absolute atomic E-state index is 14.0. The average Bonchev–Trinajstić information content (AvgIpc) is 2.98. The molecule has 0 unspecified atom stereocenters. The van der Waals surface area contributed by atoms with Crippen molar-refractivity contribution in [1.82, 2.24) is 19.9 Å². The topological polar surface area (TPSA) is 91.5 Å². The molecule has 2 aromatic rings. The summed E-state index contributed by atoms with van der Waals surface area (Å²) < 4.78 is 15.2. The molecule has 7 nitrogen and oxygen atoms in total. The molecule has 0 saturated heterocycles. The highest BCUT2D eigenvalue weighted by molar-refractivity contribution is 5.93. The van der Waals surface area contributed by atoms with Gasteiger partial charge in [-0.05, 0) is 38.3 Å². The van der Waals surface area contributed by atoms with Crippen molar-refractivity contribution in [1.29, 1.82) is 0 Å². The van der Waals surface area contributed by atoms with Gasteiger partial charge in [0, 0.05) is 7.05 Å². The Morgan fingerprint density at radius 1 is 1.32 bits per heavy atom. The van der Waals surface area contributed by atoms with Gasteiger partial charge in [0.05, 0.1) is 17.8 Å². The number of rotatable bonds is 3. The number of halogens is 1. The summed E-state index contributed by atoms with van der Waals surface area (Å²) in [6.07, 6.45) is -0.00120. The Kier molecular flexibility index (Phi) is 4.82. The van der Waals surface area contributed by atoms with E-state index in [1.807, 2.05) is 0 Å². The lowest BCUT2D eigenvalue weighted by Gasteiger charge is -2.37. The van der Waals surface area contributed by atoms with Crippen LogP contribution in [0.3, 0.4) is 0 Å². The van der Waals surface area contributed by atoms with E-state index in [9.17, 15) is 19.4 Å². The Bertz CT molecular complexity index is 779. The van der Waals surface area contributed by atoms with Crippen molar-refractivity contribution in [3.05, 3.63) is 41.5 Å². The molecule has 3 rings (SSSR count). The summed E-state index contributed by atoms with van der Waals surface area (Å²) >= 11 is 0. The SMILES string of the molecule is Cc1c(C(=O)N(C)[C@@H]2CCC[C@@H](O)[C@@H]2O)nnn1-c1ccccc1F. The van der Waals surface area contributed by atoms with Crippen LogP contribution in [0.25, 0.3) is 5.69 Å². The van der Waals surface area contributed by atoms with Crippen molar-refractivity contribution in [3.8, 4) is 5.69 Å². The van der Waals surface area contributed by atoms with Crippen molar-refractivity contribution in [2.45, 2.75) is 44.4 Å². The number of aliphatic hydroxyl groups excluding tert-OH is 2. The Morgan fingerprint density at radius 2 is 2.04 bits per heavy atom. The van der Waals surface area contributed by atoms with E-state index in [0.29, 0.717) is 18.5 Å². The molecule has 1 aliphatic rings. The van der Waals surface area contributed by atoms with E-state index in [0.717, 1.165) is 6.42 Å². The summed E-state index contributed by atoms with van der Waals surface area (Å²) in [5.41, 5.74) is 0.716. The van der Waals surface area contributed by atoms with Crippen molar-refractivity contribution < 1.29 is 19.4 Å². The van der Waals surface area contributed by atoms with Crippen LogP contribution >= 0.6 is 0 Å². The third kappa shape index (κ3) is 3.14. The zero-order valence-corrected chi connectivity index (χ0v) is 14.1. The summed E-state index contributed by atoms with van der Waals surface area (Å²) in [6, 6.07) is 5.61. The first-order chi connectivity index (χ1) is 11.9. The average molecular weight is 348 g/mol. The van der Waals surface area contributed by atoms with Gasteiger partial charge in [0.25, 0.3) is 5.91 Å². The van der Waals surface area contributed by atoms with Gasteiger partial charge in [-0.2, -0.15) is 0 Å². The fourth-order valence-corrected chi connectivity index (χ4v) is 3.25. The lowest BCUT2D eigenvalue weighted by Crippen LogP contribution is -2.51. The lowest BCUT2D eigenvalue weighted by atomic mass is 9.89. The second kappa shape index (κ2) is 6.89. The van der Waals surface area contributed by atoms with E-state index in [4.69, 9.17) is 0 Å². The smallest absolute Gasteiger partial charge is 0.276 e. The molecular formula is C17H21FN4O3. The molecule has 2 N–H and O–H groups in total. The van der Waals surface area contributed by atoms with Crippen molar-refractivity contribution in [2.75, 3.05) is 7.05 Å². The van der Waals surface area contributed by atoms with Crippen LogP contribution in [0.15, 0.2) is 24.3 Å². The van der Waals surface area contributed by atoms with E-state index in [2.05, 4.69) is 10.3 Å². The van der Waals surface area contributed by atoms with Gasteiger partial charge in [0.2, 0.25) is 0 Å². The monoisotopic (exact) mass is 348 g/mol. The molecular weight excluding hydrogens is 327 g/mol. The van der Waals surface area contributed by atoms with E-state index in [-0.39, 0.29) is 11.4 Å². The number of aromatic nitrogens is 3. The van der Waals surface area contributed by atoms with Gasteiger partial charge in [-0.25, -0.2) is 9.07 Å². The zero-order valence-electron chi connectivity index (χ0n) is 14.1. The van der Waals surface area contributed by atoms with Gasteiger partial charge in [-0.1, -0.05) is 17.3 Å². The van der Waals surface area contributed by atoms with Crippen molar-refractivity contribution in [3.63, 3.8) is 0 Å². The highest BCUT2D eigenvalue weighted by Crippen LogP contribution is 2.25. The number of nitrogens with zero attached hydrogens (tertiary/aromatic N) is 4. The van der Waals surface area contributed by atoms with Crippen LogP contribution in [0, 0.1) is 12.7 Å².